The highest BCUT2D eigenvalue weighted by Gasteiger charge is 2.26. The monoisotopic (exact) mass is 194 g/mol. The van der Waals surface area contributed by atoms with E-state index in [1.54, 1.807) is 6.07 Å². The average Bonchev–Trinajstić information content (AvgIpc) is 2.43. The Morgan fingerprint density at radius 2 is 2.29 bits per heavy atom. The first-order chi connectivity index (χ1) is 6.59. The van der Waals surface area contributed by atoms with E-state index in [9.17, 15) is 15.0 Å². The summed E-state index contributed by atoms with van der Waals surface area (Å²) in [6.45, 7) is 1.38. The molecule has 4 heteroatoms. The summed E-state index contributed by atoms with van der Waals surface area (Å²) < 4.78 is 5.04. The Morgan fingerprint density at radius 1 is 1.57 bits per heavy atom. The number of benzene rings is 1. The minimum Gasteiger partial charge on any atom is -0.507 e. The highest BCUT2D eigenvalue weighted by molar-refractivity contribution is 5.99. The number of rotatable bonds is 1. The summed E-state index contributed by atoms with van der Waals surface area (Å²) in [5.41, 5.74) is 0.837. The topological polar surface area (TPSA) is 66.8 Å². The van der Waals surface area contributed by atoms with Gasteiger partial charge in [0.25, 0.3) is 0 Å². The predicted octanol–water partition coefficient (Wildman–Crippen LogP) is 0.848. The lowest BCUT2D eigenvalue weighted by Crippen LogP contribution is -2.10. The molecule has 0 aliphatic carbocycles. The van der Waals surface area contributed by atoms with Gasteiger partial charge in [-0.3, -0.25) is 4.79 Å². The second-order valence-electron chi connectivity index (χ2n) is 3.27. The zero-order valence-electron chi connectivity index (χ0n) is 7.65. The number of aliphatic hydroxyl groups is 1. The number of aliphatic hydroxyl groups excluding tert-OH is 1. The molecule has 0 saturated carbocycles. The highest BCUT2D eigenvalue weighted by Crippen LogP contribution is 2.35. The Morgan fingerprint density at radius 3 is 2.93 bits per heavy atom. The summed E-state index contributed by atoms with van der Waals surface area (Å²) in [6.07, 6.45) is -0.663. The molecule has 0 amide bonds. The molecule has 1 heterocycles. The van der Waals surface area contributed by atoms with Crippen molar-refractivity contribution in [3.63, 3.8) is 0 Å². The van der Waals surface area contributed by atoms with Crippen LogP contribution in [0.1, 0.15) is 22.8 Å². The molecular weight excluding hydrogens is 184 g/mol. The van der Waals surface area contributed by atoms with Crippen molar-refractivity contribution in [1.29, 1.82) is 0 Å². The number of Topliss-reactive ketones (excluding diaryl/α,β-unsaturated/α-hetero) is 1. The third kappa shape index (κ3) is 1.24. The first kappa shape index (κ1) is 9.02. The Kier molecular flexibility index (Phi) is 1.93. The molecule has 1 aliphatic rings. The van der Waals surface area contributed by atoms with Gasteiger partial charge in [0, 0.05) is 12.0 Å². The van der Waals surface area contributed by atoms with Gasteiger partial charge in [-0.1, -0.05) is 0 Å². The summed E-state index contributed by atoms with van der Waals surface area (Å²) in [5, 5.41) is 18.7. The lowest BCUT2D eigenvalue weighted by atomic mass is 10.0. The first-order valence-electron chi connectivity index (χ1n) is 4.30. The zero-order chi connectivity index (χ0) is 10.3. The molecule has 0 aromatic heterocycles. The molecule has 0 saturated heterocycles. The second-order valence-corrected chi connectivity index (χ2v) is 3.27. The Balaban J connectivity index is 2.60. The van der Waals surface area contributed by atoms with E-state index in [-0.39, 0.29) is 23.5 Å². The molecule has 1 unspecified atom stereocenters. The molecule has 74 valence electrons. The van der Waals surface area contributed by atoms with Crippen molar-refractivity contribution in [1.82, 2.24) is 0 Å². The van der Waals surface area contributed by atoms with Gasteiger partial charge in [-0.05, 0) is 19.1 Å². The number of ether oxygens (including phenoxy) is 1. The maximum atomic E-state index is 11.2. The van der Waals surface area contributed by atoms with Crippen LogP contribution in [0.3, 0.4) is 0 Å². The number of fused-ring (bicyclic) bond motifs is 1. The highest BCUT2D eigenvalue weighted by atomic mass is 16.6. The van der Waals surface area contributed by atoms with Gasteiger partial charge in [-0.25, -0.2) is 0 Å². The van der Waals surface area contributed by atoms with Crippen LogP contribution in [0.5, 0.6) is 11.5 Å². The predicted molar refractivity (Wildman–Crippen MR) is 48.5 cm³/mol. The van der Waals surface area contributed by atoms with Crippen LogP contribution in [-0.2, 0) is 6.42 Å². The van der Waals surface area contributed by atoms with Crippen LogP contribution in [0, 0.1) is 0 Å². The number of phenols is 1. The summed E-state index contributed by atoms with van der Waals surface area (Å²) in [6, 6.07) is 2.95. The molecule has 1 atom stereocenters. The van der Waals surface area contributed by atoms with E-state index in [1.165, 1.54) is 13.0 Å². The summed E-state index contributed by atoms with van der Waals surface area (Å²) in [4.78, 5) is 11.2. The normalized spacial score (nSPS) is 18.9. The molecule has 0 fully saturated rings. The van der Waals surface area contributed by atoms with Gasteiger partial charge in [0.1, 0.15) is 11.5 Å². The van der Waals surface area contributed by atoms with Gasteiger partial charge in [0.15, 0.2) is 5.78 Å². The molecule has 1 aliphatic heterocycles. The number of ketones is 1. The van der Waals surface area contributed by atoms with Gasteiger partial charge in [0.2, 0.25) is 6.29 Å². The second kappa shape index (κ2) is 2.99. The Labute approximate surface area is 80.7 Å². The number of carbonyl (C=O) groups is 1. The van der Waals surface area contributed by atoms with E-state index in [2.05, 4.69) is 0 Å². The number of phenolic OH excluding ortho intramolecular Hbond substituents is 1. The first-order valence-corrected chi connectivity index (χ1v) is 4.30. The summed E-state index contributed by atoms with van der Waals surface area (Å²) in [5.74, 6) is 0.187. The number of hydrogen-bond donors (Lipinski definition) is 2. The van der Waals surface area contributed by atoms with Crippen molar-refractivity contribution in [3.05, 3.63) is 23.3 Å². The van der Waals surface area contributed by atoms with Crippen LogP contribution >= 0.6 is 0 Å². The minimum absolute atomic E-state index is 0.0612. The average molecular weight is 194 g/mol. The van der Waals surface area contributed by atoms with E-state index < -0.39 is 6.29 Å². The maximum absolute atomic E-state index is 11.2. The fraction of sp³-hybridized carbons (Fsp3) is 0.300. The number of aromatic hydroxyl groups is 1. The molecular formula is C10H10O4. The van der Waals surface area contributed by atoms with Crippen LogP contribution in [-0.4, -0.2) is 22.3 Å². The van der Waals surface area contributed by atoms with Crippen molar-refractivity contribution in [3.8, 4) is 11.5 Å². The number of hydrogen-bond acceptors (Lipinski definition) is 4. The quantitative estimate of drug-likeness (QED) is 0.650. The molecule has 0 radical (unpaired) electrons. The van der Waals surface area contributed by atoms with Crippen molar-refractivity contribution < 1.29 is 19.7 Å². The van der Waals surface area contributed by atoms with Crippen molar-refractivity contribution in [2.45, 2.75) is 19.6 Å². The third-order valence-corrected chi connectivity index (χ3v) is 2.24. The van der Waals surface area contributed by atoms with Crippen molar-refractivity contribution in [2.75, 3.05) is 0 Å². The summed E-state index contributed by atoms with van der Waals surface area (Å²) >= 11 is 0. The van der Waals surface area contributed by atoms with Crippen molar-refractivity contribution >= 4 is 5.78 Å². The molecule has 1 aromatic carbocycles. The largest absolute Gasteiger partial charge is 0.507 e. The van der Waals surface area contributed by atoms with E-state index >= 15 is 0 Å². The molecule has 1 aromatic rings. The Hall–Kier alpha value is -1.55. The van der Waals surface area contributed by atoms with E-state index in [0.29, 0.717) is 11.3 Å². The fourth-order valence-corrected chi connectivity index (χ4v) is 1.69. The lowest BCUT2D eigenvalue weighted by molar-refractivity contribution is 0.00214. The van der Waals surface area contributed by atoms with Crippen LogP contribution in [0.25, 0.3) is 0 Å². The van der Waals surface area contributed by atoms with E-state index in [0.717, 1.165) is 0 Å². The molecule has 2 rings (SSSR count). The summed E-state index contributed by atoms with van der Waals surface area (Å²) in [7, 11) is 0. The van der Waals surface area contributed by atoms with Gasteiger partial charge in [-0.15, -0.1) is 0 Å². The van der Waals surface area contributed by atoms with Crippen LogP contribution in [0.4, 0.5) is 0 Å². The van der Waals surface area contributed by atoms with Gasteiger partial charge >= 0.3 is 0 Å². The van der Waals surface area contributed by atoms with E-state index in [1.807, 2.05) is 0 Å². The fourth-order valence-electron chi connectivity index (χ4n) is 1.69. The molecule has 4 nitrogen and oxygen atoms in total. The molecule has 14 heavy (non-hydrogen) atoms. The molecule has 0 bridgehead atoms. The van der Waals surface area contributed by atoms with Crippen LogP contribution in [0.15, 0.2) is 12.1 Å². The van der Waals surface area contributed by atoms with Gasteiger partial charge in [-0.2, -0.15) is 0 Å². The van der Waals surface area contributed by atoms with Crippen molar-refractivity contribution in [2.24, 2.45) is 0 Å². The SMILES string of the molecule is CC(=O)c1c(O)ccc2c1CC(O)O2. The van der Waals surface area contributed by atoms with Gasteiger partial charge < -0.3 is 14.9 Å². The minimum atomic E-state index is -0.912. The maximum Gasteiger partial charge on any atom is 0.201 e. The number of carbonyl (C=O) groups excluding carboxylic acids is 1. The molecule has 2 N–H and O–H groups in total. The third-order valence-electron chi connectivity index (χ3n) is 2.24. The van der Waals surface area contributed by atoms with Crippen LogP contribution < -0.4 is 4.74 Å². The van der Waals surface area contributed by atoms with Crippen LogP contribution in [0.2, 0.25) is 0 Å². The lowest BCUT2D eigenvalue weighted by Gasteiger charge is -2.05. The smallest absolute Gasteiger partial charge is 0.201 e. The zero-order valence-corrected chi connectivity index (χ0v) is 7.65. The standard InChI is InChI=1S/C10H10O4/c1-5(11)10-6-4-9(13)14-8(6)3-2-7(10)12/h2-3,9,12-13H,4H2,1H3. The molecule has 0 spiro atoms. The Bertz CT molecular complexity index is 397. The van der Waals surface area contributed by atoms with Gasteiger partial charge in [0.05, 0.1) is 5.56 Å². The van der Waals surface area contributed by atoms with E-state index in [4.69, 9.17) is 4.74 Å².